The van der Waals surface area contributed by atoms with Crippen LogP contribution in [-0.2, 0) is 9.59 Å². The largest absolute Gasteiger partial charge is 0.393 e. The maximum absolute atomic E-state index is 12.8. The first-order valence-electron chi connectivity index (χ1n) is 10.9. The van der Waals surface area contributed by atoms with Crippen LogP contribution in [0.2, 0.25) is 0 Å². The van der Waals surface area contributed by atoms with Gasteiger partial charge < -0.3 is 10.0 Å². The van der Waals surface area contributed by atoms with Crippen molar-refractivity contribution in [2.75, 3.05) is 0 Å². The topological polar surface area (TPSA) is 57.4 Å². The Bertz CT molecular complexity index is 759. The van der Waals surface area contributed by atoms with Crippen LogP contribution in [0.1, 0.15) is 72.6 Å². The van der Waals surface area contributed by atoms with Crippen molar-refractivity contribution in [2.24, 2.45) is 28.6 Å². The summed E-state index contributed by atoms with van der Waals surface area (Å²) < 4.78 is 0. The van der Waals surface area contributed by atoms with E-state index in [0.29, 0.717) is 17.8 Å². The SMILES string of the molecule is CC(=O)N1[C@@H]2C[C@H]3[C@@H]4CC=C5C[C@@H](O)CC[C@]5(C)[C@H]4CC[C@]3(C)[C@@]21C(C)=O. The number of nitrogens with zero attached hydrogens (tertiary/aromatic N) is 1. The number of Topliss-reactive ketones (excluding diaryl/α,β-unsaturated/α-hetero) is 1. The predicted octanol–water partition coefficient (Wildman–Crippen LogP) is 3.48. The molecular formula is C23H33NO3. The molecule has 1 amide bonds. The van der Waals surface area contributed by atoms with Crippen LogP contribution in [0.5, 0.6) is 0 Å². The summed E-state index contributed by atoms with van der Waals surface area (Å²) in [5, 5.41) is 10.2. The molecule has 0 radical (unpaired) electrons. The lowest BCUT2D eigenvalue weighted by Gasteiger charge is -2.58. The summed E-state index contributed by atoms with van der Waals surface area (Å²) in [6.07, 6.45) is 9.39. The van der Waals surface area contributed by atoms with Crippen molar-refractivity contribution in [1.29, 1.82) is 0 Å². The van der Waals surface area contributed by atoms with Gasteiger partial charge in [-0.05, 0) is 75.0 Å². The Balaban J connectivity index is 1.52. The number of carbonyl (C=O) groups is 2. The number of amides is 1. The highest BCUT2D eigenvalue weighted by atomic mass is 16.3. The lowest BCUT2D eigenvalue weighted by atomic mass is 9.46. The second kappa shape index (κ2) is 5.25. The van der Waals surface area contributed by atoms with Gasteiger partial charge >= 0.3 is 0 Å². The molecule has 0 bridgehead atoms. The van der Waals surface area contributed by atoms with Gasteiger partial charge in [-0.15, -0.1) is 0 Å². The van der Waals surface area contributed by atoms with Crippen LogP contribution in [0.25, 0.3) is 0 Å². The summed E-state index contributed by atoms with van der Waals surface area (Å²) in [7, 11) is 0. The van der Waals surface area contributed by atoms with Crippen LogP contribution in [0.3, 0.4) is 0 Å². The van der Waals surface area contributed by atoms with Gasteiger partial charge in [-0.1, -0.05) is 25.5 Å². The van der Waals surface area contributed by atoms with Gasteiger partial charge in [-0.2, -0.15) is 0 Å². The van der Waals surface area contributed by atoms with E-state index in [0.717, 1.165) is 44.9 Å². The fraction of sp³-hybridized carbons (Fsp3) is 0.826. The Labute approximate surface area is 162 Å². The minimum absolute atomic E-state index is 0.0658. The van der Waals surface area contributed by atoms with E-state index in [9.17, 15) is 14.7 Å². The van der Waals surface area contributed by atoms with E-state index in [1.54, 1.807) is 13.8 Å². The van der Waals surface area contributed by atoms with Crippen molar-refractivity contribution in [1.82, 2.24) is 4.90 Å². The molecule has 1 aliphatic heterocycles. The molecule has 0 aromatic heterocycles. The molecule has 148 valence electrons. The molecule has 1 N–H and O–H groups in total. The molecule has 4 nitrogen and oxygen atoms in total. The van der Waals surface area contributed by atoms with E-state index in [1.165, 1.54) is 5.57 Å². The Kier molecular flexibility index (Phi) is 3.48. The van der Waals surface area contributed by atoms with Crippen molar-refractivity contribution in [3.8, 4) is 0 Å². The van der Waals surface area contributed by atoms with E-state index in [1.807, 2.05) is 4.90 Å². The minimum atomic E-state index is -0.526. The highest BCUT2D eigenvalue weighted by Crippen LogP contribution is 2.74. The number of rotatable bonds is 1. The Morgan fingerprint density at radius 3 is 2.56 bits per heavy atom. The second-order valence-electron chi connectivity index (χ2n) is 10.6. The Morgan fingerprint density at radius 2 is 1.89 bits per heavy atom. The van der Waals surface area contributed by atoms with Crippen LogP contribution in [0, 0.1) is 28.6 Å². The van der Waals surface area contributed by atoms with E-state index >= 15 is 0 Å². The van der Waals surface area contributed by atoms with Gasteiger partial charge in [0.25, 0.3) is 0 Å². The molecule has 4 heteroatoms. The van der Waals surface area contributed by atoms with Gasteiger partial charge in [0.1, 0.15) is 5.54 Å². The maximum atomic E-state index is 12.8. The number of fused-ring (bicyclic) bond motifs is 7. The third-order valence-electron chi connectivity index (χ3n) is 9.80. The normalized spacial score (nSPS) is 52.9. The number of aliphatic hydroxyl groups excluding tert-OH is 1. The van der Waals surface area contributed by atoms with Crippen LogP contribution in [-0.4, -0.2) is 39.4 Å². The van der Waals surface area contributed by atoms with Crippen molar-refractivity contribution in [3.05, 3.63) is 11.6 Å². The third kappa shape index (κ3) is 1.89. The zero-order valence-corrected chi connectivity index (χ0v) is 17.1. The average molecular weight is 372 g/mol. The smallest absolute Gasteiger partial charge is 0.220 e. The number of ketones is 1. The molecule has 0 aromatic carbocycles. The number of piperidine rings is 1. The molecule has 5 aliphatic rings. The summed E-state index contributed by atoms with van der Waals surface area (Å²) in [6, 6.07) is 0.132. The summed E-state index contributed by atoms with van der Waals surface area (Å²) in [4.78, 5) is 27.0. The number of aliphatic hydroxyl groups is 1. The zero-order valence-electron chi connectivity index (χ0n) is 17.1. The van der Waals surface area contributed by atoms with Crippen molar-refractivity contribution in [2.45, 2.75) is 90.3 Å². The first kappa shape index (κ1) is 17.9. The molecule has 4 aliphatic carbocycles. The molecule has 0 spiro atoms. The Hall–Kier alpha value is -1.16. The monoisotopic (exact) mass is 371 g/mol. The van der Waals surface area contributed by atoms with Gasteiger partial charge in [0.15, 0.2) is 5.78 Å². The lowest BCUT2D eigenvalue weighted by Crippen LogP contribution is -2.56. The third-order valence-corrected chi connectivity index (χ3v) is 9.80. The van der Waals surface area contributed by atoms with E-state index < -0.39 is 5.54 Å². The minimum Gasteiger partial charge on any atom is -0.393 e. The van der Waals surface area contributed by atoms with Crippen LogP contribution >= 0.6 is 0 Å². The van der Waals surface area contributed by atoms with E-state index in [-0.39, 0.29) is 34.7 Å². The van der Waals surface area contributed by atoms with Gasteiger partial charge in [-0.25, -0.2) is 0 Å². The average Bonchev–Trinajstić information content (AvgIpc) is 3.21. The quantitative estimate of drug-likeness (QED) is 0.567. The molecule has 1 heterocycles. The van der Waals surface area contributed by atoms with Gasteiger partial charge in [0.05, 0.1) is 12.1 Å². The highest BCUT2D eigenvalue weighted by Gasteiger charge is 2.82. The summed E-state index contributed by atoms with van der Waals surface area (Å²) in [5.74, 6) is 2.07. The standard InChI is InChI=1S/C23H33NO3/c1-13(25)23-20(24(23)14(2)26)12-19-17-6-5-15-11-16(27)7-9-21(15,3)18(17)8-10-22(19,23)4/h5,16-20,27H,6-12H2,1-4H3/t16-,17+,18-,19-,20+,21-,22-,23+,24?/m0/s1. The number of carbonyl (C=O) groups excluding carboxylic acids is 2. The fourth-order valence-electron chi connectivity index (χ4n) is 8.66. The second-order valence-corrected chi connectivity index (χ2v) is 10.6. The van der Waals surface area contributed by atoms with Crippen molar-refractivity contribution in [3.63, 3.8) is 0 Å². The Morgan fingerprint density at radius 1 is 1.15 bits per heavy atom. The molecule has 0 unspecified atom stereocenters. The lowest BCUT2D eigenvalue weighted by molar-refractivity contribution is -0.139. The number of likely N-dealkylation sites (tertiary alicyclic amines) is 1. The molecule has 27 heavy (non-hydrogen) atoms. The molecule has 4 fully saturated rings. The summed E-state index contributed by atoms with van der Waals surface area (Å²) in [5.41, 5.74) is 1.11. The molecule has 8 atom stereocenters. The molecule has 5 rings (SSSR count). The molecule has 3 saturated carbocycles. The van der Waals surface area contributed by atoms with Crippen LogP contribution in [0.15, 0.2) is 11.6 Å². The van der Waals surface area contributed by atoms with Crippen molar-refractivity contribution < 1.29 is 14.7 Å². The fourth-order valence-corrected chi connectivity index (χ4v) is 8.66. The van der Waals surface area contributed by atoms with E-state index in [2.05, 4.69) is 19.9 Å². The first-order valence-corrected chi connectivity index (χ1v) is 10.9. The summed E-state index contributed by atoms with van der Waals surface area (Å²) in [6.45, 7) is 8.07. The first-order chi connectivity index (χ1) is 12.7. The van der Waals surface area contributed by atoms with E-state index in [4.69, 9.17) is 0 Å². The molecule has 1 saturated heterocycles. The summed E-state index contributed by atoms with van der Waals surface area (Å²) >= 11 is 0. The zero-order chi connectivity index (χ0) is 19.4. The van der Waals surface area contributed by atoms with Gasteiger partial charge in [0, 0.05) is 12.3 Å². The maximum Gasteiger partial charge on any atom is 0.220 e. The number of hydrogen-bond acceptors (Lipinski definition) is 3. The van der Waals surface area contributed by atoms with Gasteiger partial charge in [-0.3, -0.25) is 9.59 Å². The van der Waals surface area contributed by atoms with Crippen LogP contribution < -0.4 is 0 Å². The van der Waals surface area contributed by atoms with Crippen molar-refractivity contribution >= 4 is 11.7 Å². The number of hydrogen-bond donors (Lipinski definition) is 1. The highest BCUT2D eigenvalue weighted by molar-refractivity contribution is 5.99. The predicted molar refractivity (Wildman–Crippen MR) is 103 cm³/mol. The molecular weight excluding hydrogens is 338 g/mol. The van der Waals surface area contributed by atoms with Crippen LogP contribution in [0.4, 0.5) is 0 Å². The molecule has 0 aromatic rings. The number of allylic oxidation sites excluding steroid dienone is 1. The van der Waals surface area contributed by atoms with Gasteiger partial charge in [0.2, 0.25) is 5.91 Å².